The molecule has 2 unspecified atom stereocenters. The Labute approximate surface area is 119 Å². The predicted octanol–water partition coefficient (Wildman–Crippen LogP) is 1.63. The normalized spacial score (nSPS) is 25.7. The van der Waals surface area contributed by atoms with E-state index in [1.54, 1.807) is 30.2 Å². The molecule has 0 saturated carbocycles. The first kappa shape index (κ1) is 12.6. The van der Waals surface area contributed by atoms with E-state index >= 15 is 0 Å². The zero-order chi connectivity index (χ0) is 13.6. The van der Waals surface area contributed by atoms with Gasteiger partial charge in [0.05, 0.1) is 17.4 Å². The Morgan fingerprint density at radius 1 is 1.42 bits per heavy atom. The van der Waals surface area contributed by atoms with Crippen molar-refractivity contribution >= 4 is 33.4 Å². The van der Waals surface area contributed by atoms with Crippen LogP contribution in [-0.4, -0.2) is 42.5 Å². The summed E-state index contributed by atoms with van der Waals surface area (Å²) in [6.07, 6.45) is 0.469. The monoisotopic (exact) mass is 324 g/mol. The molecule has 100 valence electrons. The summed E-state index contributed by atoms with van der Waals surface area (Å²) in [6.45, 7) is 0.458. The van der Waals surface area contributed by atoms with E-state index in [1.807, 2.05) is 0 Å². The fourth-order valence-corrected chi connectivity index (χ4v) is 2.98. The number of carbonyl (C=O) groups is 2. The fourth-order valence-electron chi connectivity index (χ4n) is 2.61. The first-order chi connectivity index (χ1) is 9.10. The molecule has 0 aliphatic carbocycles. The lowest BCUT2D eigenvalue weighted by atomic mass is 10.1. The van der Waals surface area contributed by atoms with Crippen molar-refractivity contribution < 1.29 is 14.3 Å². The van der Waals surface area contributed by atoms with Crippen LogP contribution in [0.3, 0.4) is 0 Å². The molecule has 2 amide bonds. The van der Waals surface area contributed by atoms with Gasteiger partial charge in [0.25, 0.3) is 5.91 Å². The standard InChI is InChI=1S/C13H13BrN2O3/c1-19-8-5-11-12(17)15-10-3-2-7(14)4-9(10)13(18)16(11)6-8/h2-4,8,11H,5-6H2,1H3,(H,15,17). The van der Waals surface area contributed by atoms with E-state index in [0.717, 1.165) is 4.47 Å². The van der Waals surface area contributed by atoms with Crippen LogP contribution in [0.4, 0.5) is 5.69 Å². The van der Waals surface area contributed by atoms with E-state index in [1.165, 1.54) is 0 Å². The molecule has 0 spiro atoms. The predicted molar refractivity (Wildman–Crippen MR) is 73.0 cm³/mol. The average Bonchev–Trinajstić information content (AvgIpc) is 2.80. The quantitative estimate of drug-likeness (QED) is 0.854. The molecule has 2 atom stereocenters. The first-order valence-electron chi connectivity index (χ1n) is 6.04. The maximum atomic E-state index is 12.5. The third-order valence-electron chi connectivity index (χ3n) is 3.63. The van der Waals surface area contributed by atoms with Crippen molar-refractivity contribution in [2.45, 2.75) is 18.6 Å². The zero-order valence-corrected chi connectivity index (χ0v) is 11.9. The molecule has 5 nitrogen and oxygen atoms in total. The highest BCUT2D eigenvalue weighted by molar-refractivity contribution is 9.10. The smallest absolute Gasteiger partial charge is 0.256 e. The van der Waals surface area contributed by atoms with Crippen molar-refractivity contribution in [2.24, 2.45) is 0 Å². The average molecular weight is 325 g/mol. The lowest BCUT2D eigenvalue weighted by Gasteiger charge is -2.19. The third kappa shape index (κ3) is 2.04. The highest BCUT2D eigenvalue weighted by Crippen LogP contribution is 2.31. The number of hydrogen-bond donors (Lipinski definition) is 1. The van der Waals surface area contributed by atoms with Gasteiger partial charge in [-0.05, 0) is 18.2 Å². The number of halogens is 1. The Bertz CT molecular complexity index is 561. The minimum absolute atomic E-state index is 0.0756. The van der Waals surface area contributed by atoms with E-state index in [-0.39, 0.29) is 17.9 Å². The van der Waals surface area contributed by atoms with Gasteiger partial charge in [-0.25, -0.2) is 0 Å². The molecule has 6 heteroatoms. The molecule has 1 N–H and O–H groups in total. The van der Waals surface area contributed by atoms with Gasteiger partial charge in [-0.15, -0.1) is 0 Å². The van der Waals surface area contributed by atoms with Crippen LogP contribution in [0.15, 0.2) is 22.7 Å². The van der Waals surface area contributed by atoms with Crippen LogP contribution in [0, 0.1) is 0 Å². The number of benzene rings is 1. The van der Waals surface area contributed by atoms with Gasteiger partial charge in [0, 0.05) is 24.5 Å². The molecule has 1 aromatic rings. The molecule has 0 bridgehead atoms. The molecule has 2 aliphatic rings. The molecule has 2 heterocycles. The number of methoxy groups -OCH3 is 1. The minimum atomic E-state index is -0.441. The van der Waals surface area contributed by atoms with E-state index in [9.17, 15) is 9.59 Å². The number of anilines is 1. The lowest BCUT2D eigenvalue weighted by molar-refractivity contribution is -0.119. The lowest BCUT2D eigenvalue weighted by Crippen LogP contribution is -2.40. The summed E-state index contributed by atoms with van der Waals surface area (Å²) in [4.78, 5) is 26.3. The second kappa shape index (κ2) is 4.61. The van der Waals surface area contributed by atoms with Crippen molar-refractivity contribution in [2.75, 3.05) is 19.0 Å². The summed E-state index contributed by atoms with van der Waals surface area (Å²) in [5.41, 5.74) is 1.09. The summed E-state index contributed by atoms with van der Waals surface area (Å²) < 4.78 is 6.08. The molecule has 19 heavy (non-hydrogen) atoms. The molecule has 0 aromatic heterocycles. The van der Waals surface area contributed by atoms with Crippen LogP contribution in [0.5, 0.6) is 0 Å². The number of nitrogens with zero attached hydrogens (tertiary/aromatic N) is 1. The number of carbonyl (C=O) groups excluding carboxylic acids is 2. The fraction of sp³-hybridized carbons (Fsp3) is 0.385. The van der Waals surface area contributed by atoms with Gasteiger partial charge < -0.3 is 15.0 Å². The number of nitrogens with one attached hydrogen (secondary N) is 1. The van der Waals surface area contributed by atoms with Gasteiger partial charge in [-0.2, -0.15) is 0 Å². The molecule has 1 fully saturated rings. The summed E-state index contributed by atoms with van der Waals surface area (Å²) in [6, 6.07) is 4.84. The van der Waals surface area contributed by atoms with E-state index < -0.39 is 6.04 Å². The number of amides is 2. The minimum Gasteiger partial charge on any atom is -0.380 e. The van der Waals surface area contributed by atoms with E-state index in [2.05, 4.69) is 21.2 Å². The van der Waals surface area contributed by atoms with Crippen LogP contribution in [0.2, 0.25) is 0 Å². The highest BCUT2D eigenvalue weighted by Gasteiger charge is 2.42. The van der Waals surface area contributed by atoms with Gasteiger partial charge in [-0.3, -0.25) is 9.59 Å². The maximum Gasteiger partial charge on any atom is 0.256 e. The molecule has 2 aliphatic heterocycles. The molecule has 3 rings (SSSR count). The Morgan fingerprint density at radius 2 is 2.21 bits per heavy atom. The Kier molecular flexibility index (Phi) is 3.06. The van der Waals surface area contributed by atoms with Gasteiger partial charge >= 0.3 is 0 Å². The topological polar surface area (TPSA) is 58.6 Å². The number of rotatable bonds is 1. The second-order valence-electron chi connectivity index (χ2n) is 4.75. The number of ether oxygens (including phenoxy) is 1. The van der Waals surface area contributed by atoms with Crippen molar-refractivity contribution in [3.8, 4) is 0 Å². The maximum absolute atomic E-state index is 12.5. The second-order valence-corrected chi connectivity index (χ2v) is 5.66. The molecule has 1 saturated heterocycles. The highest BCUT2D eigenvalue weighted by atomic mass is 79.9. The van der Waals surface area contributed by atoms with Gasteiger partial charge in [0.15, 0.2) is 0 Å². The Morgan fingerprint density at radius 3 is 2.95 bits per heavy atom. The van der Waals surface area contributed by atoms with Crippen LogP contribution >= 0.6 is 15.9 Å². The van der Waals surface area contributed by atoms with Gasteiger partial charge in [0.1, 0.15) is 6.04 Å². The third-order valence-corrected chi connectivity index (χ3v) is 4.12. The largest absolute Gasteiger partial charge is 0.380 e. The summed E-state index contributed by atoms with van der Waals surface area (Å²) >= 11 is 3.35. The van der Waals surface area contributed by atoms with Crippen LogP contribution in [-0.2, 0) is 9.53 Å². The summed E-state index contributed by atoms with van der Waals surface area (Å²) in [5.74, 6) is -0.270. The van der Waals surface area contributed by atoms with Gasteiger partial charge in [0.2, 0.25) is 5.91 Å². The molecular weight excluding hydrogens is 312 g/mol. The Balaban J connectivity index is 2.04. The zero-order valence-electron chi connectivity index (χ0n) is 10.4. The van der Waals surface area contributed by atoms with E-state index in [0.29, 0.717) is 24.2 Å². The SMILES string of the molecule is COC1CC2C(=O)Nc3ccc(Br)cc3C(=O)N2C1. The number of fused-ring (bicyclic) bond motifs is 2. The van der Waals surface area contributed by atoms with Crippen LogP contribution in [0.1, 0.15) is 16.8 Å². The van der Waals surface area contributed by atoms with Crippen molar-refractivity contribution in [1.82, 2.24) is 4.90 Å². The van der Waals surface area contributed by atoms with E-state index in [4.69, 9.17) is 4.74 Å². The summed E-state index contributed by atoms with van der Waals surface area (Å²) in [7, 11) is 1.60. The first-order valence-corrected chi connectivity index (χ1v) is 6.83. The molecular formula is C13H13BrN2O3. The number of hydrogen-bond acceptors (Lipinski definition) is 3. The van der Waals surface area contributed by atoms with Crippen LogP contribution in [0.25, 0.3) is 0 Å². The van der Waals surface area contributed by atoms with Gasteiger partial charge in [-0.1, -0.05) is 15.9 Å². The van der Waals surface area contributed by atoms with Crippen molar-refractivity contribution in [3.63, 3.8) is 0 Å². The molecule has 1 aromatic carbocycles. The van der Waals surface area contributed by atoms with Crippen molar-refractivity contribution in [3.05, 3.63) is 28.2 Å². The molecule has 0 radical (unpaired) electrons. The summed E-state index contributed by atoms with van der Waals surface area (Å²) in [5, 5.41) is 2.82. The Hall–Kier alpha value is -1.40. The van der Waals surface area contributed by atoms with Crippen LogP contribution < -0.4 is 5.32 Å². The van der Waals surface area contributed by atoms with Crippen molar-refractivity contribution in [1.29, 1.82) is 0 Å².